The molecule has 0 saturated carbocycles. The lowest BCUT2D eigenvalue weighted by Crippen LogP contribution is -2.22. The molecule has 4 heterocycles. The summed E-state index contributed by atoms with van der Waals surface area (Å²) in [6.07, 6.45) is 4.56. The molecule has 6 aromatic rings. The number of aromatic nitrogens is 6. The summed E-state index contributed by atoms with van der Waals surface area (Å²) in [7, 11) is 0. The highest BCUT2D eigenvalue weighted by Crippen LogP contribution is 2.29. The van der Waals surface area contributed by atoms with Gasteiger partial charge in [0.05, 0.1) is 11.3 Å². The maximum atomic E-state index is 13.2. The Balaban J connectivity index is 1.39. The van der Waals surface area contributed by atoms with Crippen LogP contribution in [0.3, 0.4) is 0 Å². The van der Waals surface area contributed by atoms with Crippen LogP contribution in [0.2, 0.25) is 5.02 Å². The zero-order valence-corrected chi connectivity index (χ0v) is 19.5. The second kappa shape index (κ2) is 7.81. The Morgan fingerprint density at radius 3 is 2.68 bits per heavy atom. The zero-order valence-electron chi connectivity index (χ0n) is 18.7. The van der Waals surface area contributed by atoms with Crippen LogP contribution in [0, 0.1) is 13.8 Å². The van der Waals surface area contributed by atoms with Crippen LogP contribution in [0.4, 0.5) is 0 Å². The summed E-state index contributed by atoms with van der Waals surface area (Å²) in [5.74, 6) is 0. The van der Waals surface area contributed by atoms with Crippen molar-refractivity contribution in [1.82, 2.24) is 29.4 Å². The summed E-state index contributed by atoms with van der Waals surface area (Å²) in [6, 6.07) is 15.8. The van der Waals surface area contributed by atoms with E-state index in [2.05, 4.69) is 45.4 Å². The number of hydrogen-bond donors (Lipinski definition) is 1. The molecule has 34 heavy (non-hydrogen) atoms. The molecule has 168 valence electrons. The first-order valence-corrected chi connectivity index (χ1v) is 11.4. The lowest BCUT2D eigenvalue weighted by molar-refractivity contribution is 0.674. The first-order chi connectivity index (χ1) is 16.5. The van der Waals surface area contributed by atoms with Crippen LogP contribution in [0.1, 0.15) is 16.8 Å². The molecule has 0 unspecified atom stereocenters. The molecule has 2 aromatic carbocycles. The van der Waals surface area contributed by atoms with Crippen molar-refractivity contribution >= 4 is 39.2 Å². The van der Waals surface area contributed by atoms with E-state index in [1.54, 1.807) is 9.08 Å². The molecule has 0 aliphatic heterocycles. The van der Waals surface area contributed by atoms with Crippen molar-refractivity contribution in [2.24, 2.45) is 0 Å². The molecule has 0 radical (unpaired) electrons. The van der Waals surface area contributed by atoms with E-state index in [4.69, 9.17) is 11.6 Å². The highest BCUT2D eigenvalue weighted by atomic mass is 35.5. The van der Waals surface area contributed by atoms with Crippen LogP contribution in [-0.2, 0) is 13.0 Å². The number of rotatable bonds is 4. The second-order valence-electron chi connectivity index (χ2n) is 8.56. The van der Waals surface area contributed by atoms with Crippen molar-refractivity contribution in [3.63, 3.8) is 0 Å². The minimum absolute atomic E-state index is 0.177. The largest absolute Gasteiger partial charge is 0.361 e. The van der Waals surface area contributed by atoms with Crippen molar-refractivity contribution < 1.29 is 0 Å². The number of H-pyrrole nitrogens is 1. The molecule has 6 rings (SSSR count). The monoisotopic (exact) mass is 468 g/mol. The van der Waals surface area contributed by atoms with Crippen molar-refractivity contribution in [3.8, 4) is 11.1 Å². The highest BCUT2D eigenvalue weighted by molar-refractivity contribution is 6.30. The van der Waals surface area contributed by atoms with E-state index in [1.807, 2.05) is 49.6 Å². The van der Waals surface area contributed by atoms with E-state index >= 15 is 0 Å². The second-order valence-corrected chi connectivity index (χ2v) is 9.00. The van der Waals surface area contributed by atoms with Crippen molar-refractivity contribution in [1.29, 1.82) is 0 Å². The van der Waals surface area contributed by atoms with Crippen LogP contribution < -0.4 is 5.56 Å². The van der Waals surface area contributed by atoms with Crippen molar-refractivity contribution in [2.45, 2.75) is 26.8 Å². The number of aryl methyl sites for hydroxylation is 4. The lowest BCUT2D eigenvalue weighted by atomic mass is 10.1. The van der Waals surface area contributed by atoms with Gasteiger partial charge in [0.2, 0.25) is 0 Å². The van der Waals surface area contributed by atoms with E-state index in [9.17, 15) is 4.79 Å². The standard InChI is InChI=1S/C26H21ClN6O/c1-15-3-8-21-20(13-15)18(14-28-21)9-11-32-12-10-22-24(26(32)34)29-30-25-23(16(2)31-33(22)25)17-4-6-19(27)7-5-17/h3-8,10,12-14,28H,9,11H2,1-2H3. The Hall–Kier alpha value is -3.97. The fourth-order valence-electron chi connectivity index (χ4n) is 4.56. The van der Waals surface area contributed by atoms with Gasteiger partial charge in [-0.3, -0.25) is 4.79 Å². The van der Waals surface area contributed by atoms with Gasteiger partial charge >= 0.3 is 0 Å². The molecular weight excluding hydrogens is 448 g/mol. The lowest BCUT2D eigenvalue weighted by Gasteiger charge is -2.07. The summed E-state index contributed by atoms with van der Waals surface area (Å²) >= 11 is 6.05. The van der Waals surface area contributed by atoms with Crippen molar-refractivity contribution in [2.75, 3.05) is 0 Å². The topological polar surface area (TPSA) is 80.9 Å². The third-order valence-corrected chi connectivity index (χ3v) is 6.56. The van der Waals surface area contributed by atoms with Gasteiger partial charge in [0.1, 0.15) is 5.52 Å². The van der Waals surface area contributed by atoms with E-state index in [1.165, 1.54) is 16.5 Å². The number of hydrogen-bond acceptors (Lipinski definition) is 4. The summed E-state index contributed by atoms with van der Waals surface area (Å²) < 4.78 is 3.39. The third-order valence-electron chi connectivity index (χ3n) is 6.31. The molecule has 0 fully saturated rings. The van der Waals surface area contributed by atoms with Gasteiger partial charge in [-0.15, -0.1) is 10.2 Å². The van der Waals surface area contributed by atoms with Crippen LogP contribution in [0.15, 0.2) is 65.7 Å². The Morgan fingerprint density at radius 2 is 1.85 bits per heavy atom. The molecule has 8 heteroatoms. The van der Waals surface area contributed by atoms with Gasteiger partial charge in [-0.2, -0.15) is 5.10 Å². The van der Waals surface area contributed by atoms with E-state index in [0.29, 0.717) is 28.2 Å². The molecule has 0 bridgehead atoms. The Morgan fingerprint density at radius 1 is 1.03 bits per heavy atom. The van der Waals surface area contributed by atoms with Gasteiger partial charge in [-0.1, -0.05) is 35.4 Å². The molecule has 0 saturated heterocycles. The average molecular weight is 469 g/mol. The summed E-state index contributed by atoms with van der Waals surface area (Å²) in [5, 5.41) is 15.2. The Bertz CT molecular complexity index is 1760. The number of halogens is 1. The van der Waals surface area contributed by atoms with Gasteiger partial charge in [0.25, 0.3) is 5.56 Å². The molecule has 7 nitrogen and oxygen atoms in total. The molecule has 0 amide bonds. The quantitative estimate of drug-likeness (QED) is 0.390. The predicted octanol–water partition coefficient (Wildman–Crippen LogP) is 5.10. The number of nitrogens with one attached hydrogen (secondary N) is 1. The van der Waals surface area contributed by atoms with E-state index < -0.39 is 0 Å². The summed E-state index contributed by atoms with van der Waals surface area (Å²) in [4.78, 5) is 16.6. The predicted molar refractivity (Wildman–Crippen MR) is 134 cm³/mol. The van der Waals surface area contributed by atoms with E-state index in [0.717, 1.165) is 28.8 Å². The molecule has 0 spiro atoms. The van der Waals surface area contributed by atoms with Crippen LogP contribution in [0.5, 0.6) is 0 Å². The maximum absolute atomic E-state index is 13.2. The summed E-state index contributed by atoms with van der Waals surface area (Å²) in [5.41, 5.74) is 7.51. The smallest absolute Gasteiger partial charge is 0.280 e. The van der Waals surface area contributed by atoms with Crippen LogP contribution in [-0.4, -0.2) is 29.4 Å². The molecule has 1 N–H and O–H groups in total. The molecular formula is C26H21ClN6O. The number of pyridine rings is 1. The Kier molecular flexibility index (Phi) is 4.74. The molecule has 0 aliphatic carbocycles. The number of aromatic amines is 1. The molecule has 0 atom stereocenters. The normalized spacial score (nSPS) is 11.7. The number of nitrogens with zero attached hydrogens (tertiary/aromatic N) is 5. The molecule has 4 aromatic heterocycles. The minimum Gasteiger partial charge on any atom is -0.361 e. The SMILES string of the molecule is Cc1ccc2[nH]cc(CCn3ccc4c(nnc5c(-c6ccc(Cl)cc6)c(C)nn54)c3=O)c2c1. The first-order valence-electron chi connectivity index (χ1n) is 11.1. The van der Waals surface area contributed by atoms with Gasteiger partial charge in [0, 0.05) is 34.9 Å². The zero-order chi connectivity index (χ0) is 23.4. The van der Waals surface area contributed by atoms with Crippen molar-refractivity contribution in [3.05, 3.63) is 93.1 Å². The summed E-state index contributed by atoms with van der Waals surface area (Å²) in [6.45, 7) is 4.55. The van der Waals surface area contributed by atoms with Gasteiger partial charge < -0.3 is 9.55 Å². The van der Waals surface area contributed by atoms with Crippen LogP contribution >= 0.6 is 11.6 Å². The van der Waals surface area contributed by atoms with Crippen LogP contribution in [0.25, 0.3) is 38.7 Å². The third kappa shape index (κ3) is 3.28. The first kappa shape index (κ1) is 20.6. The van der Waals surface area contributed by atoms with E-state index in [-0.39, 0.29) is 5.56 Å². The fourth-order valence-corrected chi connectivity index (χ4v) is 4.69. The fraction of sp³-hybridized carbons (Fsp3) is 0.154. The average Bonchev–Trinajstić information content (AvgIpc) is 3.39. The minimum atomic E-state index is -0.177. The van der Waals surface area contributed by atoms with Gasteiger partial charge in [-0.25, -0.2) is 4.52 Å². The number of benzene rings is 2. The number of fused-ring (bicyclic) bond motifs is 4. The van der Waals surface area contributed by atoms with Gasteiger partial charge in [-0.05, 0) is 61.7 Å². The Labute approximate surface area is 199 Å². The molecule has 0 aliphatic rings. The maximum Gasteiger partial charge on any atom is 0.280 e. The van der Waals surface area contributed by atoms with Gasteiger partial charge in [0.15, 0.2) is 11.2 Å². The highest BCUT2D eigenvalue weighted by Gasteiger charge is 2.17.